The molecular formula is C21H26FN3O4. The average Bonchev–Trinajstić information content (AvgIpc) is 3.44. The van der Waals surface area contributed by atoms with E-state index < -0.39 is 17.2 Å². The van der Waals surface area contributed by atoms with Gasteiger partial charge in [0.2, 0.25) is 5.43 Å². The number of fused-ring (bicyclic) bond motifs is 1. The van der Waals surface area contributed by atoms with Gasteiger partial charge in [-0.25, -0.2) is 9.18 Å². The molecule has 3 N–H and O–H groups in total. The van der Waals surface area contributed by atoms with E-state index in [-0.39, 0.29) is 17.0 Å². The van der Waals surface area contributed by atoms with E-state index in [1.54, 1.807) is 4.57 Å². The van der Waals surface area contributed by atoms with Crippen LogP contribution in [0.25, 0.3) is 10.9 Å². The fraction of sp³-hybridized carbons (Fsp3) is 0.524. The van der Waals surface area contributed by atoms with Crippen LogP contribution < -0.4 is 20.8 Å². The van der Waals surface area contributed by atoms with Crippen LogP contribution in [0.2, 0.25) is 0 Å². The summed E-state index contributed by atoms with van der Waals surface area (Å²) in [5.41, 5.74) is 5.42. The number of anilines is 1. The number of nitrogens with zero attached hydrogens (tertiary/aromatic N) is 2. The number of carboxylic acids is 1. The summed E-state index contributed by atoms with van der Waals surface area (Å²) < 4.78 is 22.6. The van der Waals surface area contributed by atoms with Crippen LogP contribution in [0.4, 0.5) is 10.1 Å². The van der Waals surface area contributed by atoms with E-state index in [9.17, 15) is 14.7 Å². The van der Waals surface area contributed by atoms with E-state index in [4.69, 9.17) is 10.5 Å². The minimum Gasteiger partial charge on any atom is -0.492 e. The summed E-state index contributed by atoms with van der Waals surface area (Å²) in [5, 5.41) is 9.47. The van der Waals surface area contributed by atoms with Gasteiger partial charge in [0.25, 0.3) is 0 Å². The number of carboxylic acid groups (broad SMARTS) is 1. The molecule has 1 saturated heterocycles. The highest BCUT2D eigenvalue weighted by molar-refractivity contribution is 5.97. The molecule has 156 valence electrons. The predicted octanol–water partition coefficient (Wildman–Crippen LogP) is 2.75. The molecule has 1 saturated carbocycles. The van der Waals surface area contributed by atoms with Crippen molar-refractivity contribution in [2.75, 3.05) is 31.6 Å². The molecule has 4 rings (SSSR count). The fourth-order valence-electron chi connectivity index (χ4n) is 4.40. The van der Waals surface area contributed by atoms with E-state index in [0.717, 1.165) is 32.1 Å². The number of rotatable bonds is 7. The van der Waals surface area contributed by atoms with E-state index in [2.05, 4.69) is 0 Å². The molecule has 1 aliphatic carbocycles. The van der Waals surface area contributed by atoms with Gasteiger partial charge in [-0.3, -0.25) is 4.79 Å². The van der Waals surface area contributed by atoms with Crippen molar-refractivity contribution in [1.82, 2.24) is 4.57 Å². The van der Waals surface area contributed by atoms with Crippen molar-refractivity contribution in [1.29, 1.82) is 0 Å². The number of pyridine rings is 1. The monoisotopic (exact) mass is 403 g/mol. The van der Waals surface area contributed by atoms with Gasteiger partial charge in [-0.05, 0) is 50.6 Å². The van der Waals surface area contributed by atoms with Gasteiger partial charge in [0.05, 0.1) is 18.0 Å². The first-order chi connectivity index (χ1) is 14.0. The number of benzene rings is 1. The van der Waals surface area contributed by atoms with Gasteiger partial charge < -0.3 is 25.0 Å². The highest BCUT2D eigenvalue weighted by Crippen LogP contribution is 2.44. The number of methoxy groups -OCH3 is 1. The molecule has 0 spiro atoms. The third-order valence-electron chi connectivity index (χ3n) is 5.99. The Morgan fingerprint density at radius 3 is 2.76 bits per heavy atom. The molecule has 0 radical (unpaired) electrons. The Bertz CT molecular complexity index is 1020. The van der Waals surface area contributed by atoms with Crippen molar-refractivity contribution < 1.29 is 19.0 Å². The Balaban J connectivity index is 1.88. The number of halogens is 1. The summed E-state index contributed by atoms with van der Waals surface area (Å²) in [6.07, 6.45) is 6.04. The third-order valence-corrected chi connectivity index (χ3v) is 5.99. The maximum Gasteiger partial charge on any atom is 0.341 e. The van der Waals surface area contributed by atoms with Crippen LogP contribution in [0.15, 0.2) is 17.1 Å². The summed E-state index contributed by atoms with van der Waals surface area (Å²) in [6.45, 7) is 2.05. The highest BCUT2D eigenvalue weighted by atomic mass is 19.1. The molecule has 1 aromatic heterocycles. The smallest absolute Gasteiger partial charge is 0.341 e. The SMILES string of the molecule is COc1c(N2CC[C@@H](CCCN)C2)c(F)cc2c(=O)c(C(=O)O)cn(C3CC3)c12. The lowest BCUT2D eigenvalue weighted by molar-refractivity contribution is 0.0695. The molecule has 2 fully saturated rings. The van der Waals surface area contributed by atoms with Gasteiger partial charge in [-0.1, -0.05) is 0 Å². The molecule has 1 atom stereocenters. The maximum absolute atomic E-state index is 15.2. The second kappa shape index (κ2) is 7.67. The normalized spacial score (nSPS) is 19.1. The second-order valence-electron chi connectivity index (χ2n) is 7.98. The molecule has 29 heavy (non-hydrogen) atoms. The van der Waals surface area contributed by atoms with Crippen LogP contribution in [0, 0.1) is 11.7 Å². The maximum atomic E-state index is 15.2. The summed E-state index contributed by atoms with van der Waals surface area (Å²) in [5.74, 6) is -1.12. The van der Waals surface area contributed by atoms with E-state index in [0.29, 0.717) is 42.5 Å². The molecule has 0 amide bonds. The minimum atomic E-state index is -1.31. The summed E-state index contributed by atoms with van der Waals surface area (Å²) in [7, 11) is 1.46. The van der Waals surface area contributed by atoms with Crippen molar-refractivity contribution in [3.63, 3.8) is 0 Å². The first-order valence-corrected chi connectivity index (χ1v) is 10.1. The van der Waals surface area contributed by atoms with E-state index in [1.165, 1.54) is 19.4 Å². The lowest BCUT2D eigenvalue weighted by atomic mass is 10.0. The lowest BCUT2D eigenvalue weighted by Gasteiger charge is -2.25. The standard InChI is InChI=1S/C21H26FN3O4/c1-29-20-17-14(19(26)15(21(27)28)11-25(17)13-4-5-13)9-16(22)18(20)24-8-6-12(10-24)3-2-7-23/h9,11-13H,2-8,10,23H2,1H3,(H,27,28)/t12-/m1/s1. The number of hydrogen-bond donors (Lipinski definition) is 2. The Hall–Kier alpha value is -2.61. The molecular weight excluding hydrogens is 377 g/mol. The zero-order valence-electron chi connectivity index (χ0n) is 16.5. The Kier molecular flexibility index (Phi) is 5.21. The van der Waals surface area contributed by atoms with Gasteiger partial charge in [-0.2, -0.15) is 0 Å². The fourth-order valence-corrected chi connectivity index (χ4v) is 4.40. The number of aromatic nitrogens is 1. The molecule has 1 aromatic carbocycles. The van der Waals surface area contributed by atoms with Crippen LogP contribution in [-0.4, -0.2) is 42.4 Å². The zero-order valence-corrected chi connectivity index (χ0v) is 16.5. The van der Waals surface area contributed by atoms with E-state index in [1.807, 2.05) is 4.90 Å². The topological polar surface area (TPSA) is 97.8 Å². The molecule has 2 aromatic rings. The number of carbonyl (C=O) groups is 1. The van der Waals surface area contributed by atoms with Crippen LogP contribution in [0.5, 0.6) is 5.75 Å². The molecule has 8 heteroatoms. The molecule has 1 aliphatic heterocycles. The highest BCUT2D eigenvalue weighted by Gasteiger charge is 2.33. The van der Waals surface area contributed by atoms with Crippen molar-refractivity contribution in [2.45, 2.75) is 38.1 Å². The van der Waals surface area contributed by atoms with Gasteiger partial charge in [-0.15, -0.1) is 0 Å². The minimum absolute atomic E-state index is 0.0498. The summed E-state index contributed by atoms with van der Waals surface area (Å²) in [4.78, 5) is 26.3. The second-order valence-corrected chi connectivity index (χ2v) is 7.98. The number of aromatic carboxylic acids is 1. The lowest BCUT2D eigenvalue weighted by Crippen LogP contribution is -2.24. The summed E-state index contributed by atoms with van der Waals surface area (Å²) >= 11 is 0. The van der Waals surface area contributed by atoms with Crippen molar-refractivity contribution in [2.24, 2.45) is 11.7 Å². The largest absolute Gasteiger partial charge is 0.492 e. The Morgan fingerprint density at radius 2 is 2.14 bits per heavy atom. The average molecular weight is 403 g/mol. The van der Waals surface area contributed by atoms with Gasteiger partial charge in [0, 0.05) is 25.3 Å². The van der Waals surface area contributed by atoms with Gasteiger partial charge in [0.15, 0.2) is 11.6 Å². The van der Waals surface area contributed by atoms with Crippen molar-refractivity contribution >= 4 is 22.6 Å². The van der Waals surface area contributed by atoms with Crippen molar-refractivity contribution in [3.8, 4) is 5.75 Å². The van der Waals surface area contributed by atoms with Crippen LogP contribution in [-0.2, 0) is 0 Å². The third kappa shape index (κ3) is 3.46. The van der Waals surface area contributed by atoms with Gasteiger partial charge >= 0.3 is 5.97 Å². The van der Waals surface area contributed by atoms with Crippen molar-refractivity contribution in [3.05, 3.63) is 33.9 Å². The molecule has 2 aliphatic rings. The predicted molar refractivity (Wildman–Crippen MR) is 109 cm³/mol. The number of nitrogens with two attached hydrogens (primary N) is 1. The Morgan fingerprint density at radius 1 is 1.38 bits per heavy atom. The number of ether oxygens (including phenoxy) is 1. The van der Waals surface area contributed by atoms with E-state index >= 15 is 4.39 Å². The molecule has 2 heterocycles. The van der Waals surface area contributed by atoms with Crippen LogP contribution in [0.1, 0.15) is 48.5 Å². The quantitative estimate of drug-likeness (QED) is 0.738. The summed E-state index contributed by atoms with van der Waals surface area (Å²) in [6, 6.07) is 1.27. The molecule has 7 nitrogen and oxygen atoms in total. The first-order valence-electron chi connectivity index (χ1n) is 10.1. The zero-order chi connectivity index (χ0) is 20.7. The van der Waals surface area contributed by atoms with Crippen LogP contribution in [0.3, 0.4) is 0 Å². The first kappa shape index (κ1) is 19.7. The molecule has 0 bridgehead atoms. The van der Waals surface area contributed by atoms with Crippen LogP contribution >= 0.6 is 0 Å². The Labute approximate surface area is 167 Å². The molecule has 0 unspecified atom stereocenters. The van der Waals surface area contributed by atoms with Gasteiger partial charge in [0.1, 0.15) is 11.3 Å². The number of hydrogen-bond acceptors (Lipinski definition) is 5.